The van der Waals surface area contributed by atoms with Crippen molar-refractivity contribution in [3.63, 3.8) is 0 Å². The first kappa shape index (κ1) is 14.9. The minimum atomic E-state index is 0.0904. The Labute approximate surface area is 120 Å². The van der Waals surface area contributed by atoms with E-state index in [9.17, 15) is 0 Å². The van der Waals surface area contributed by atoms with Gasteiger partial charge in [0.25, 0.3) is 0 Å². The van der Waals surface area contributed by atoms with Crippen LogP contribution in [0.3, 0.4) is 0 Å². The SMILES string of the molecule is CCOc1cc(N)cc(N2CCC(OCCO)CC2)c1. The van der Waals surface area contributed by atoms with Gasteiger partial charge in [0.2, 0.25) is 0 Å². The summed E-state index contributed by atoms with van der Waals surface area (Å²) in [6.45, 7) is 4.99. The zero-order chi connectivity index (χ0) is 14.4. The van der Waals surface area contributed by atoms with E-state index in [0.29, 0.717) is 13.2 Å². The molecule has 0 atom stereocenters. The maximum atomic E-state index is 8.78. The second-order valence-corrected chi connectivity index (χ2v) is 4.97. The van der Waals surface area contributed by atoms with E-state index < -0.39 is 0 Å². The molecule has 3 N–H and O–H groups in total. The fourth-order valence-corrected chi connectivity index (χ4v) is 2.54. The molecule has 20 heavy (non-hydrogen) atoms. The van der Waals surface area contributed by atoms with E-state index in [2.05, 4.69) is 4.90 Å². The highest BCUT2D eigenvalue weighted by Crippen LogP contribution is 2.28. The van der Waals surface area contributed by atoms with Gasteiger partial charge in [0, 0.05) is 36.6 Å². The van der Waals surface area contributed by atoms with Gasteiger partial charge in [-0.15, -0.1) is 0 Å². The summed E-state index contributed by atoms with van der Waals surface area (Å²) in [4.78, 5) is 2.30. The summed E-state index contributed by atoms with van der Waals surface area (Å²) in [7, 11) is 0. The summed E-state index contributed by atoms with van der Waals surface area (Å²) in [5.74, 6) is 0.821. The molecular formula is C15H24N2O3. The highest BCUT2D eigenvalue weighted by molar-refractivity contribution is 5.60. The third-order valence-corrected chi connectivity index (χ3v) is 3.48. The Morgan fingerprint density at radius 3 is 2.70 bits per heavy atom. The Morgan fingerprint density at radius 2 is 2.05 bits per heavy atom. The summed E-state index contributed by atoms with van der Waals surface area (Å²) >= 11 is 0. The number of rotatable bonds is 6. The molecule has 0 bridgehead atoms. The monoisotopic (exact) mass is 280 g/mol. The predicted octanol–water partition coefficient (Wildman–Crippen LogP) is 1.65. The number of aliphatic hydroxyl groups is 1. The number of anilines is 2. The number of hydrogen-bond acceptors (Lipinski definition) is 5. The Kier molecular flexibility index (Phi) is 5.49. The number of aliphatic hydroxyl groups excluding tert-OH is 1. The molecule has 1 saturated heterocycles. The number of piperidine rings is 1. The van der Waals surface area contributed by atoms with Crippen LogP contribution in [0.1, 0.15) is 19.8 Å². The highest BCUT2D eigenvalue weighted by atomic mass is 16.5. The number of nitrogen functional groups attached to an aromatic ring is 1. The summed E-state index contributed by atoms with van der Waals surface area (Å²) in [5.41, 5.74) is 7.76. The smallest absolute Gasteiger partial charge is 0.123 e. The first-order valence-electron chi connectivity index (χ1n) is 7.23. The molecule has 1 aromatic rings. The van der Waals surface area contributed by atoms with E-state index in [-0.39, 0.29) is 12.7 Å². The lowest BCUT2D eigenvalue weighted by Gasteiger charge is -2.33. The van der Waals surface area contributed by atoms with Crippen LogP contribution in [-0.4, -0.2) is 44.1 Å². The maximum Gasteiger partial charge on any atom is 0.123 e. The van der Waals surface area contributed by atoms with Crippen LogP contribution in [0.4, 0.5) is 11.4 Å². The van der Waals surface area contributed by atoms with Crippen LogP contribution >= 0.6 is 0 Å². The second kappa shape index (κ2) is 7.36. The Bertz CT molecular complexity index is 418. The van der Waals surface area contributed by atoms with Gasteiger partial charge in [0.15, 0.2) is 0 Å². The second-order valence-electron chi connectivity index (χ2n) is 4.97. The number of ether oxygens (including phenoxy) is 2. The van der Waals surface area contributed by atoms with Crippen molar-refractivity contribution >= 4 is 11.4 Å². The van der Waals surface area contributed by atoms with E-state index in [0.717, 1.165) is 43.1 Å². The zero-order valence-corrected chi connectivity index (χ0v) is 12.0. The molecule has 5 heteroatoms. The molecule has 0 unspecified atom stereocenters. The van der Waals surface area contributed by atoms with Gasteiger partial charge in [-0.05, 0) is 25.8 Å². The number of nitrogens with zero attached hydrogens (tertiary/aromatic N) is 1. The lowest BCUT2D eigenvalue weighted by atomic mass is 10.1. The standard InChI is InChI=1S/C15H24N2O3/c1-2-19-15-10-12(16)9-13(11-15)17-5-3-14(4-6-17)20-8-7-18/h9-11,14,18H,2-8,16H2,1H3. The molecule has 1 aliphatic heterocycles. The minimum absolute atomic E-state index is 0.0904. The van der Waals surface area contributed by atoms with Crippen LogP contribution in [0.15, 0.2) is 18.2 Å². The van der Waals surface area contributed by atoms with E-state index in [4.69, 9.17) is 20.3 Å². The number of benzene rings is 1. The lowest BCUT2D eigenvalue weighted by Crippen LogP contribution is -2.37. The molecule has 2 rings (SSSR count). The average Bonchev–Trinajstić information content (AvgIpc) is 2.45. The molecular weight excluding hydrogens is 256 g/mol. The molecule has 0 aliphatic carbocycles. The molecule has 0 aromatic heterocycles. The van der Waals surface area contributed by atoms with E-state index >= 15 is 0 Å². The summed E-state index contributed by atoms with van der Waals surface area (Å²) in [5, 5.41) is 8.78. The van der Waals surface area contributed by atoms with Gasteiger partial charge in [-0.25, -0.2) is 0 Å². The van der Waals surface area contributed by atoms with Crippen molar-refractivity contribution in [3.05, 3.63) is 18.2 Å². The lowest BCUT2D eigenvalue weighted by molar-refractivity contribution is 0.0159. The molecule has 1 heterocycles. The van der Waals surface area contributed by atoms with Crippen LogP contribution in [0.25, 0.3) is 0 Å². The van der Waals surface area contributed by atoms with Gasteiger partial charge in [-0.2, -0.15) is 0 Å². The van der Waals surface area contributed by atoms with Gasteiger partial charge in [0.1, 0.15) is 5.75 Å². The Hall–Kier alpha value is -1.46. The van der Waals surface area contributed by atoms with Crippen molar-refractivity contribution < 1.29 is 14.6 Å². The molecule has 1 fully saturated rings. The van der Waals surface area contributed by atoms with Crippen molar-refractivity contribution in [1.82, 2.24) is 0 Å². The quantitative estimate of drug-likeness (QED) is 0.775. The zero-order valence-electron chi connectivity index (χ0n) is 12.0. The van der Waals surface area contributed by atoms with Crippen LogP contribution in [0, 0.1) is 0 Å². The first-order chi connectivity index (χ1) is 9.72. The molecule has 0 spiro atoms. The average molecular weight is 280 g/mol. The minimum Gasteiger partial charge on any atom is -0.494 e. The largest absolute Gasteiger partial charge is 0.494 e. The topological polar surface area (TPSA) is 68.0 Å². The summed E-state index contributed by atoms with van der Waals surface area (Å²) < 4.78 is 11.1. The van der Waals surface area contributed by atoms with Crippen LogP contribution in [-0.2, 0) is 4.74 Å². The van der Waals surface area contributed by atoms with Gasteiger partial charge in [0.05, 0.1) is 25.9 Å². The number of hydrogen-bond donors (Lipinski definition) is 2. The van der Waals surface area contributed by atoms with Gasteiger partial charge >= 0.3 is 0 Å². The fourth-order valence-electron chi connectivity index (χ4n) is 2.54. The van der Waals surface area contributed by atoms with Gasteiger partial charge in [-0.3, -0.25) is 0 Å². The van der Waals surface area contributed by atoms with Crippen molar-refractivity contribution in [2.45, 2.75) is 25.9 Å². The molecule has 112 valence electrons. The molecule has 5 nitrogen and oxygen atoms in total. The van der Waals surface area contributed by atoms with Crippen molar-refractivity contribution in [3.8, 4) is 5.75 Å². The molecule has 1 aromatic carbocycles. The molecule has 1 aliphatic rings. The first-order valence-corrected chi connectivity index (χ1v) is 7.23. The highest BCUT2D eigenvalue weighted by Gasteiger charge is 2.20. The molecule has 0 saturated carbocycles. The maximum absolute atomic E-state index is 8.78. The fraction of sp³-hybridized carbons (Fsp3) is 0.600. The van der Waals surface area contributed by atoms with Gasteiger partial charge < -0.3 is 25.2 Å². The molecule has 0 amide bonds. The van der Waals surface area contributed by atoms with E-state index in [1.807, 2.05) is 25.1 Å². The Morgan fingerprint density at radius 1 is 1.30 bits per heavy atom. The third-order valence-electron chi connectivity index (χ3n) is 3.48. The third kappa shape index (κ3) is 4.02. The summed E-state index contributed by atoms with van der Waals surface area (Å²) in [6.07, 6.45) is 2.20. The van der Waals surface area contributed by atoms with Crippen molar-refractivity contribution in [2.75, 3.05) is 43.5 Å². The van der Waals surface area contributed by atoms with Crippen LogP contribution in [0.5, 0.6) is 5.75 Å². The normalized spacial score (nSPS) is 16.4. The number of nitrogens with two attached hydrogens (primary N) is 1. The Balaban J connectivity index is 1.96. The predicted molar refractivity (Wildman–Crippen MR) is 80.3 cm³/mol. The summed E-state index contributed by atoms with van der Waals surface area (Å²) in [6, 6.07) is 5.87. The van der Waals surface area contributed by atoms with Crippen LogP contribution < -0.4 is 15.4 Å². The van der Waals surface area contributed by atoms with E-state index in [1.54, 1.807) is 0 Å². The van der Waals surface area contributed by atoms with E-state index in [1.165, 1.54) is 0 Å². The van der Waals surface area contributed by atoms with Crippen molar-refractivity contribution in [1.29, 1.82) is 0 Å². The van der Waals surface area contributed by atoms with Gasteiger partial charge in [-0.1, -0.05) is 0 Å². The van der Waals surface area contributed by atoms with Crippen molar-refractivity contribution in [2.24, 2.45) is 0 Å². The molecule has 0 radical (unpaired) electrons. The van der Waals surface area contributed by atoms with Crippen LogP contribution in [0.2, 0.25) is 0 Å².